The van der Waals surface area contributed by atoms with Crippen LogP contribution in [0.15, 0.2) is 60.8 Å². The van der Waals surface area contributed by atoms with Crippen LogP contribution >= 0.6 is 0 Å². The third-order valence-electron chi connectivity index (χ3n) is 6.40. The van der Waals surface area contributed by atoms with E-state index in [0.717, 1.165) is 30.1 Å². The molecule has 0 amide bonds. The van der Waals surface area contributed by atoms with Gasteiger partial charge in [0.2, 0.25) is 5.78 Å². The molecule has 3 heteroatoms. The molecule has 0 aliphatic heterocycles. The maximum absolute atomic E-state index is 13.2. The summed E-state index contributed by atoms with van der Waals surface area (Å²) >= 11 is 0. The van der Waals surface area contributed by atoms with E-state index in [2.05, 4.69) is 57.2 Å². The molecule has 0 radical (unpaired) electrons. The van der Waals surface area contributed by atoms with Gasteiger partial charge in [0.05, 0.1) is 5.69 Å². The summed E-state index contributed by atoms with van der Waals surface area (Å²) in [4.78, 5) is 18.0. The highest BCUT2D eigenvalue weighted by atomic mass is 16.1. The second-order valence-electron chi connectivity index (χ2n) is 10.1. The van der Waals surface area contributed by atoms with Crippen molar-refractivity contribution in [1.29, 1.82) is 0 Å². The minimum atomic E-state index is -0.106. The number of rotatable bonds is 7. The van der Waals surface area contributed by atoms with Crippen molar-refractivity contribution >= 4 is 11.9 Å². The molecule has 3 aromatic rings. The van der Waals surface area contributed by atoms with Crippen LogP contribution in [0.25, 0.3) is 6.08 Å². The van der Waals surface area contributed by atoms with E-state index in [4.69, 9.17) is 4.98 Å². The van der Waals surface area contributed by atoms with Gasteiger partial charge in [0.25, 0.3) is 0 Å². The Balaban J connectivity index is 1.50. The Morgan fingerprint density at radius 3 is 2.53 bits per heavy atom. The molecule has 32 heavy (non-hydrogen) atoms. The van der Waals surface area contributed by atoms with Crippen molar-refractivity contribution in [1.82, 2.24) is 9.55 Å². The first-order valence-corrected chi connectivity index (χ1v) is 11.8. The molecule has 0 bridgehead atoms. The number of aromatic nitrogens is 2. The van der Waals surface area contributed by atoms with Crippen molar-refractivity contribution in [2.45, 2.75) is 71.3 Å². The zero-order valence-electron chi connectivity index (χ0n) is 19.8. The number of imidazole rings is 1. The SMILES string of the molecule is Cc1ccc(C(=O)c2nc(C(C)(C)C)cn2CC/C=C/c2cccc(C3CCC3)c2)cc1. The highest BCUT2D eigenvalue weighted by Gasteiger charge is 2.23. The van der Waals surface area contributed by atoms with Crippen LogP contribution in [0.2, 0.25) is 0 Å². The lowest BCUT2D eigenvalue weighted by atomic mass is 9.80. The molecule has 3 nitrogen and oxygen atoms in total. The van der Waals surface area contributed by atoms with Gasteiger partial charge in [-0.25, -0.2) is 4.98 Å². The minimum Gasteiger partial charge on any atom is -0.328 e. The van der Waals surface area contributed by atoms with Gasteiger partial charge in [-0.3, -0.25) is 4.79 Å². The third-order valence-corrected chi connectivity index (χ3v) is 6.40. The highest BCUT2D eigenvalue weighted by Crippen LogP contribution is 2.36. The van der Waals surface area contributed by atoms with Gasteiger partial charge >= 0.3 is 0 Å². The van der Waals surface area contributed by atoms with E-state index in [1.54, 1.807) is 0 Å². The normalized spacial score (nSPS) is 14.6. The standard InChI is InChI=1S/C29H34N2O/c1-21-14-16-24(17-15-21)27(32)28-30-26(29(2,3)4)20-31(28)18-6-5-9-22-10-7-13-25(19-22)23-11-8-12-23/h5,7,9-10,13-17,19-20,23H,6,8,11-12,18H2,1-4H3/b9-5+. The van der Waals surface area contributed by atoms with Gasteiger partial charge in [0.15, 0.2) is 5.82 Å². The molecule has 0 unspecified atom stereocenters. The van der Waals surface area contributed by atoms with Crippen LogP contribution < -0.4 is 0 Å². The molecule has 1 heterocycles. The predicted octanol–water partition coefficient (Wildman–Crippen LogP) is 7.09. The Kier molecular flexibility index (Phi) is 6.45. The summed E-state index contributed by atoms with van der Waals surface area (Å²) in [6.45, 7) is 9.16. The lowest BCUT2D eigenvalue weighted by Crippen LogP contribution is -2.13. The van der Waals surface area contributed by atoms with E-state index in [0.29, 0.717) is 11.4 Å². The van der Waals surface area contributed by atoms with E-state index in [9.17, 15) is 4.79 Å². The molecule has 1 aliphatic carbocycles. The minimum absolute atomic E-state index is 0.0160. The molecule has 0 saturated heterocycles. The topological polar surface area (TPSA) is 34.9 Å². The number of hydrogen-bond donors (Lipinski definition) is 0. The number of nitrogens with zero attached hydrogens (tertiary/aromatic N) is 2. The molecule has 1 aromatic heterocycles. The molecule has 0 N–H and O–H groups in total. The number of carbonyl (C=O) groups is 1. The fraction of sp³-hybridized carbons (Fsp3) is 0.379. The van der Waals surface area contributed by atoms with Gasteiger partial charge in [-0.15, -0.1) is 0 Å². The Morgan fingerprint density at radius 1 is 1.12 bits per heavy atom. The zero-order valence-corrected chi connectivity index (χ0v) is 19.8. The zero-order chi connectivity index (χ0) is 22.7. The molecule has 1 aliphatic rings. The predicted molar refractivity (Wildman–Crippen MR) is 132 cm³/mol. The van der Waals surface area contributed by atoms with Crippen molar-refractivity contribution in [2.75, 3.05) is 0 Å². The fourth-order valence-electron chi connectivity index (χ4n) is 4.05. The van der Waals surface area contributed by atoms with Crippen LogP contribution in [-0.2, 0) is 12.0 Å². The second-order valence-corrected chi connectivity index (χ2v) is 10.1. The molecule has 0 atom stereocenters. The van der Waals surface area contributed by atoms with E-state index in [1.807, 2.05) is 42.0 Å². The van der Waals surface area contributed by atoms with Gasteiger partial charge in [-0.1, -0.05) is 93.4 Å². The van der Waals surface area contributed by atoms with Crippen molar-refractivity contribution < 1.29 is 4.79 Å². The lowest BCUT2D eigenvalue weighted by Gasteiger charge is -2.25. The van der Waals surface area contributed by atoms with Crippen molar-refractivity contribution in [3.8, 4) is 0 Å². The fourth-order valence-corrected chi connectivity index (χ4v) is 4.05. The summed E-state index contributed by atoms with van der Waals surface area (Å²) in [5.41, 5.74) is 5.40. The van der Waals surface area contributed by atoms with Gasteiger partial charge in [0.1, 0.15) is 0 Å². The van der Waals surface area contributed by atoms with Gasteiger partial charge in [-0.2, -0.15) is 0 Å². The quantitative estimate of drug-likeness (QED) is 0.378. The van der Waals surface area contributed by atoms with Gasteiger partial charge < -0.3 is 4.57 Å². The molecule has 4 rings (SSSR count). The maximum atomic E-state index is 13.2. The molecule has 1 fully saturated rings. The van der Waals surface area contributed by atoms with E-state index >= 15 is 0 Å². The van der Waals surface area contributed by atoms with Crippen LogP contribution in [0.1, 0.15) is 90.9 Å². The molecule has 0 spiro atoms. The number of hydrogen-bond acceptors (Lipinski definition) is 2. The summed E-state index contributed by atoms with van der Waals surface area (Å²) in [5, 5.41) is 0. The Labute approximate surface area is 192 Å². The third kappa shape index (κ3) is 5.09. The first kappa shape index (κ1) is 22.3. The number of ketones is 1. The summed E-state index contributed by atoms with van der Waals surface area (Å²) in [5.74, 6) is 1.26. The Bertz CT molecular complexity index is 1110. The van der Waals surface area contributed by atoms with Crippen LogP contribution in [0.3, 0.4) is 0 Å². The summed E-state index contributed by atoms with van der Waals surface area (Å²) in [7, 11) is 0. The van der Waals surface area contributed by atoms with Crippen molar-refractivity contribution in [3.63, 3.8) is 0 Å². The average molecular weight is 427 g/mol. The van der Waals surface area contributed by atoms with Crippen molar-refractivity contribution in [3.05, 3.63) is 94.6 Å². The number of allylic oxidation sites excluding steroid dienone is 1. The van der Waals surface area contributed by atoms with Crippen LogP contribution in [0.5, 0.6) is 0 Å². The number of benzene rings is 2. The highest BCUT2D eigenvalue weighted by molar-refractivity contribution is 6.06. The van der Waals surface area contributed by atoms with Crippen LogP contribution in [-0.4, -0.2) is 15.3 Å². The van der Waals surface area contributed by atoms with E-state index in [1.165, 1.54) is 30.4 Å². The molecular formula is C29H34N2O. The second kappa shape index (κ2) is 9.28. The summed E-state index contributed by atoms with van der Waals surface area (Å²) in [6, 6.07) is 16.6. The summed E-state index contributed by atoms with van der Waals surface area (Å²) < 4.78 is 2.03. The lowest BCUT2D eigenvalue weighted by molar-refractivity contribution is 0.102. The summed E-state index contributed by atoms with van der Waals surface area (Å²) in [6.07, 6.45) is 11.3. The van der Waals surface area contributed by atoms with Crippen LogP contribution in [0, 0.1) is 6.92 Å². The van der Waals surface area contributed by atoms with Gasteiger partial charge in [-0.05, 0) is 43.2 Å². The smallest absolute Gasteiger partial charge is 0.228 e. The Hall–Kier alpha value is -2.94. The monoisotopic (exact) mass is 426 g/mol. The van der Waals surface area contributed by atoms with Crippen molar-refractivity contribution in [2.24, 2.45) is 0 Å². The Morgan fingerprint density at radius 2 is 1.88 bits per heavy atom. The number of carbonyl (C=O) groups excluding carboxylic acids is 1. The molecule has 1 saturated carbocycles. The first-order chi connectivity index (χ1) is 15.3. The molecule has 166 valence electrons. The molecular weight excluding hydrogens is 392 g/mol. The van der Waals surface area contributed by atoms with E-state index in [-0.39, 0.29) is 11.2 Å². The maximum Gasteiger partial charge on any atom is 0.228 e. The van der Waals surface area contributed by atoms with Crippen LogP contribution in [0.4, 0.5) is 0 Å². The largest absolute Gasteiger partial charge is 0.328 e. The van der Waals surface area contributed by atoms with E-state index < -0.39 is 0 Å². The number of aryl methyl sites for hydroxylation is 2. The molecule has 2 aromatic carbocycles. The first-order valence-electron chi connectivity index (χ1n) is 11.8. The van der Waals surface area contributed by atoms with Gasteiger partial charge in [0, 0.05) is 23.7 Å². The average Bonchev–Trinajstić information content (AvgIpc) is 3.15.